The third-order valence-corrected chi connectivity index (χ3v) is 5.91. The summed E-state index contributed by atoms with van der Waals surface area (Å²) in [6.45, 7) is 7.88. The Morgan fingerprint density at radius 3 is 2.51 bits per heavy atom. The van der Waals surface area contributed by atoms with Crippen molar-refractivity contribution in [3.8, 4) is 0 Å². The fourth-order valence-corrected chi connectivity index (χ4v) is 4.44. The number of esters is 1. The minimum Gasteiger partial charge on any atom is -0.461 e. The molecule has 35 heavy (non-hydrogen) atoms. The first kappa shape index (κ1) is 24.3. The van der Waals surface area contributed by atoms with Crippen LogP contribution in [0.4, 0.5) is 10.5 Å². The molecule has 0 radical (unpaired) electrons. The molecule has 4 rings (SSSR count). The Morgan fingerprint density at radius 1 is 1.09 bits per heavy atom. The summed E-state index contributed by atoms with van der Waals surface area (Å²) in [6, 6.07) is 16.1. The van der Waals surface area contributed by atoms with Crippen molar-refractivity contribution in [1.29, 1.82) is 0 Å². The zero-order chi connectivity index (χ0) is 25.2. The maximum Gasteiger partial charge on any atom is 0.410 e. The average molecular weight is 478 g/mol. The summed E-state index contributed by atoms with van der Waals surface area (Å²) in [5.74, 6) is -0.878. The van der Waals surface area contributed by atoms with Crippen molar-refractivity contribution in [2.45, 2.75) is 51.7 Å². The highest BCUT2D eigenvalue weighted by Gasteiger charge is 2.44. The molecule has 1 aliphatic heterocycles. The van der Waals surface area contributed by atoms with Crippen LogP contribution in [-0.2, 0) is 14.3 Å². The summed E-state index contributed by atoms with van der Waals surface area (Å²) in [4.78, 5) is 43.1. The van der Waals surface area contributed by atoms with Crippen molar-refractivity contribution in [2.75, 3.05) is 18.5 Å². The van der Waals surface area contributed by atoms with E-state index in [0.29, 0.717) is 24.3 Å². The van der Waals surface area contributed by atoms with Crippen LogP contribution in [0.3, 0.4) is 0 Å². The van der Waals surface area contributed by atoms with Gasteiger partial charge in [-0.2, -0.15) is 0 Å². The van der Waals surface area contributed by atoms with Crippen molar-refractivity contribution in [3.05, 3.63) is 65.9 Å². The van der Waals surface area contributed by atoms with Gasteiger partial charge in [0, 0.05) is 29.1 Å². The third kappa shape index (κ3) is 5.48. The Bertz CT molecular complexity index is 1230. The monoisotopic (exact) mass is 477 g/mol. The predicted octanol–water partition coefficient (Wildman–Crippen LogP) is 5.08. The van der Waals surface area contributed by atoms with Crippen molar-refractivity contribution in [1.82, 2.24) is 9.88 Å². The lowest BCUT2D eigenvalue weighted by molar-refractivity contribution is -0.120. The number of H-pyrrole nitrogens is 1. The number of fused-ring (bicyclic) bond motifs is 1. The Labute approximate surface area is 204 Å². The molecule has 0 bridgehead atoms. The fraction of sp³-hybridized carbons (Fsp3) is 0.370. The number of ether oxygens (including phenoxy) is 2. The first-order valence-electron chi connectivity index (χ1n) is 11.8. The fourth-order valence-electron chi connectivity index (χ4n) is 4.44. The van der Waals surface area contributed by atoms with Crippen LogP contribution in [0.1, 0.15) is 56.1 Å². The van der Waals surface area contributed by atoms with Crippen LogP contribution in [0.2, 0.25) is 0 Å². The van der Waals surface area contributed by atoms with Crippen LogP contribution < -0.4 is 5.32 Å². The Hall–Kier alpha value is -3.81. The number of nitrogens with one attached hydrogen (secondary N) is 2. The van der Waals surface area contributed by atoms with Crippen molar-refractivity contribution >= 4 is 34.6 Å². The SMILES string of the molecule is CCOC(=O)c1cc2cc(NC(=O)[C@@H]3[C@@H](c4ccccc4)CCN3C(=O)OC(C)(C)C)ccc2[nH]1. The van der Waals surface area contributed by atoms with Gasteiger partial charge in [-0.15, -0.1) is 0 Å². The number of likely N-dealkylation sites (tertiary alicyclic amines) is 1. The molecule has 2 atom stereocenters. The molecule has 0 spiro atoms. The third-order valence-electron chi connectivity index (χ3n) is 5.91. The van der Waals surface area contributed by atoms with E-state index in [4.69, 9.17) is 9.47 Å². The smallest absolute Gasteiger partial charge is 0.410 e. The Morgan fingerprint density at radius 2 is 1.83 bits per heavy atom. The molecule has 0 saturated carbocycles. The molecular weight excluding hydrogens is 446 g/mol. The summed E-state index contributed by atoms with van der Waals surface area (Å²) >= 11 is 0. The van der Waals surface area contributed by atoms with Gasteiger partial charge in [-0.3, -0.25) is 9.69 Å². The highest BCUT2D eigenvalue weighted by Crippen LogP contribution is 2.35. The van der Waals surface area contributed by atoms with Crippen molar-refractivity contribution < 1.29 is 23.9 Å². The Balaban J connectivity index is 1.59. The minimum atomic E-state index is -0.718. The minimum absolute atomic E-state index is 0.157. The van der Waals surface area contributed by atoms with Crippen LogP contribution in [0.25, 0.3) is 10.9 Å². The molecule has 2 N–H and O–H groups in total. The van der Waals surface area contributed by atoms with E-state index in [1.54, 1.807) is 52.0 Å². The summed E-state index contributed by atoms with van der Waals surface area (Å²) < 4.78 is 10.7. The van der Waals surface area contributed by atoms with E-state index in [1.165, 1.54) is 4.90 Å². The molecule has 2 amide bonds. The number of amides is 2. The van der Waals surface area contributed by atoms with Gasteiger partial charge in [-0.1, -0.05) is 30.3 Å². The van der Waals surface area contributed by atoms with E-state index in [-0.39, 0.29) is 18.4 Å². The number of nitrogens with zero attached hydrogens (tertiary/aromatic N) is 1. The van der Waals surface area contributed by atoms with Crippen LogP contribution >= 0.6 is 0 Å². The topological polar surface area (TPSA) is 101 Å². The van der Waals surface area contributed by atoms with Gasteiger partial charge in [-0.25, -0.2) is 9.59 Å². The summed E-state index contributed by atoms with van der Waals surface area (Å²) in [7, 11) is 0. The standard InChI is InChI=1S/C27H31N3O5/c1-5-34-25(32)22-16-18-15-19(11-12-21(18)29-22)28-24(31)23-20(17-9-7-6-8-10-17)13-14-30(23)26(33)35-27(2,3)4/h6-12,15-16,20,23,29H,5,13-14H2,1-4H3,(H,28,31)/t20-,23+/m1/s1. The maximum absolute atomic E-state index is 13.6. The van der Waals surface area contributed by atoms with Crippen LogP contribution in [-0.4, -0.2) is 52.6 Å². The van der Waals surface area contributed by atoms with Gasteiger partial charge in [0.25, 0.3) is 0 Å². The highest BCUT2D eigenvalue weighted by atomic mass is 16.6. The van der Waals surface area contributed by atoms with Crippen LogP contribution in [0, 0.1) is 0 Å². The van der Waals surface area contributed by atoms with E-state index in [0.717, 1.165) is 16.5 Å². The van der Waals surface area contributed by atoms with Gasteiger partial charge in [0.15, 0.2) is 0 Å². The van der Waals surface area contributed by atoms with E-state index in [1.807, 2.05) is 30.3 Å². The summed E-state index contributed by atoms with van der Waals surface area (Å²) in [5.41, 5.74) is 2.00. The lowest BCUT2D eigenvalue weighted by Gasteiger charge is -2.30. The molecule has 0 aliphatic carbocycles. The van der Waals surface area contributed by atoms with Gasteiger partial charge >= 0.3 is 12.1 Å². The molecule has 3 aromatic rings. The highest BCUT2D eigenvalue weighted by molar-refractivity contribution is 6.00. The summed E-state index contributed by atoms with van der Waals surface area (Å²) in [6.07, 6.45) is 0.150. The number of rotatable bonds is 5. The summed E-state index contributed by atoms with van der Waals surface area (Å²) in [5, 5.41) is 3.73. The first-order chi connectivity index (χ1) is 16.7. The number of carbonyl (C=O) groups is 3. The number of carbonyl (C=O) groups excluding carboxylic acids is 3. The number of hydrogen-bond donors (Lipinski definition) is 2. The normalized spacial score (nSPS) is 17.9. The van der Waals surface area contributed by atoms with Gasteiger partial charge in [0.1, 0.15) is 17.3 Å². The van der Waals surface area contributed by atoms with Gasteiger partial charge < -0.3 is 19.8 Å². The van der Waals surface area contributed by atoms with Crippen molar-refractivity contribution in [3.63, 3.8) is 0 Å². The molecule has 2 heterocycles. The van der Waals surface area contributed by atoms with E-state index in [2.05, 4.69) is 10.3 Å². The molecule has 2 aromatic carbocycles. The largest absolute Gasteiger partial charge is 0.461 e. The van der Waals surface area contributed by atoms with Gasteiger partial charge in [0.2, 0.25) is 5.91 Å². The second-order valence-electron chi connectivity index (χ2n) is 9.62. The first-order valence-corrected chi connectivity index (χ1v) is 11.8. The Kier molecular flexibility index (Phi) is 6.82. The number of benzene rings is 2. The predicted molar refractivity (Wildman–Crippen MR) is 133 cm³/mol. The van der Waals surface area contributed by atoms with Crippen LogP contribution in [0.5, 0.6) is 0 Å². The second-order valence-corrected chi connectivity index (χ2v) is 9.62. The number of hydrogen-bond acceptors (Lipinski definition) is 5. The molecule has 0 unspecified atom stereocenters. The lowest BCUT2D eigenvalue weighted by Crippen LogP contribution is -2.47. The van der Waals surface area contributed by atoms with Gasteiger partial charge in [-0.05, 0) is 63.9 Å². The van der Waals surface area contributed by atoms with Crippen LogP contribution in [0.15, 0.2) is 54.6 Å². The zero-order valence-electron chi connectivity index (χ0n) is 20.5. The van der Waals surface area contributed by atoms with E-state index in [9.17, 15) is 14.4 Å². The quantitative estimate of drug-likeness (QED) is 0.499. The molecule has 8 nitrogen and oxygen atoms in total. The van der Waals surface area contributed by atoms with Crippen molar-refractivity contribution in [2.24, 2.45) is 0 Å². The molecule has 1 saturated heterocycles. The average Bonchev–Trinajstić information content (AvgIpc) is 3.43. The zero-order valence-corrected chi connectivity index (χ0v) is 20.5. The van der Waals surface area contributed by atoms with E-state index < -0.39 is 23.7 Å². The number of aromatic nitrogens is 1. The van der Waals surface area contributed by atoms with Gasteiger partial charge in [0.05, 0.1) is 6.61 Å². The second kappa shape index (κ2) is 9.82. The molecule has 8 heteroatoms. The molecule has 1 fully saturated rings. The number of anilines is 1. The number of aromatic amines is 1. The lowest BCUT2D eigenvalue weighted by atomic mass is 9.91. The molecule has 184 valence electrons. The maximum atomic E-state index is 13.6. The molecule has 1 aromatic heterocycles. The van der Waals surface area contributed by atoms with E-state index >= 15 is 0 Å². The molecule has 1 aliphatic rings. The molecular formula is C27H31N3O5.